The molecule has 2 aromatic heterocycles. The van der Waals surface area contributed by atoms with Crippen molar-refractivity contribution in [2.24, 2.45) is 0 Å². The first-order valence-corrected chi connectivity index (χ1v) is 7.10. The van der Waals surface area contributed by atoms with Crippen LogP contribution in [0.1, 0.15) is 26.5 Å². The van der Waals surface area contributed by atoms with Crippen LogP contribution in [-0.4, -0.2) is 24.1 Å². The SMILES string of the molecule is COC(=O)c1cccc(NC(=O)c2c(-c3ccco3)noc2C)c1. The van der Waals surface area contributed by atoms with Crippen molar-refractivity contribution in [2.75, 3.05) is 12.4 Å². The fourth-order valence-corrected chi connectivity index (χ4v) is 2.26. The van der Waals surface area contributed by atoms with E-state index in [4.69, 9.17) is 8.94 Å². The Balaban J connectivity index is 1.89. The van der Waals surface area contributed by atoms with Crippen LogP contribution in [0.5, 0.6) is 0 Å². The van der Waals surface area contributed by atoms with Gasteiger partial charge in [-0.15, -0.1) is 0 Å². The van der Waals surface area contributed by atoms with Crippen molar-refractivity contribution in [2.45, 2.75) is 6.92 Å². The minimum absolute atomic E-state index is 0.272. The third-order valence-electron chi connectivity index (χ3n) is 3.39. The Hall–Kier alpha value is -3.35. The number of aromatic nitrogens is 1. The van der Waals surface area contributed by atoms with Crippen LogP contribution in [0, 0.1) is 6.92 Å². The summed E-state index contributed by atoms with van der Waals surface area (Å²) in [6.07, 6.45) is 1.49. The zero-order valence-corrected chi connectivity index (χ0v) is 13.0. The number of methoxy groups -OCH3 is 1. The zero-order valence-electron chi connectivity index (χ0n) is 13.0. The number of benzene rings is 1. The molecule has 122 valence electrons. The lowest BCUT2D eigenvalue weighted by Gasteiger charge is -2.06. The molecule has 7 heteroatoms. The fraction of sp³-hybridized carbons (Fsp3) is 0.118. The van der Waals surface area contributed by atoms with Crippen molar-refractivity contribution < 1.29 is 23.3 Å². The average molecular weight is 326 g/mol. The number of furan rings is 1. The van der Waals surface area contributed by atoms with Crippen LogP contribution >= 0.6 is 0 Å². The number of carbonyl (C=O) groups is 2. The number of carbonyl (C=O) groups excluding carboxylic acids is 2. The van der Waals surface area contributed by atoms with Crippen LogP contribution in [0.2, 0.25) is 0 Å². The monoisotopic (exact) mass is 326 g/mol. The molecule has 0 fully saturated rings. The molecule has 1 amide bonds. The minimum Gasteiger partial charge on any atom is -0.465 e. The van der Waals surface area contributed by atoms with Crippen molar-refractivity contribution >= 4 is 17.6 Å². The number of hydrogen-bond donors (Lipinski definition) is 1. The Bertz CT molecular complexity index is 880. The number of aryl methyl sites for hydroxylation is 1. The Morgan fingerprint density at radius 2 is 2.04 bits per heavy atom. The second-order valence-electron chi connectivity index (χ2n) is 4.97. The van der Waals surface area contributed by atoms with Gasteiger partial charge in [0.15, 0.2) is 11.5 Å². The summed E-state index contributed by atoms with van der Waals surface area (Å²) in [5.74, 6) is -0.103. The summed E-state index contributed by atoms with van der Waals surface area (Å²) in [6.45, 7) is 1.64. The lowest BCUT2D eigenvalue weighted by atomic mass is 10.1. The smallest absolute Gasteiger partial charge is 0.337 e. The van der Waals surface area contributed by atoms with Gasteiger partial charge in [-0.05, 0) is 37.3 Å². The molecular weight excluding hydrogens is 312 g/mol. The lowest BCUT2D eigenvalue weighted by molar-refractivity contribution is 0.0600. The molecule has 3 aromatic rings. The molecule has 0 saturated heterocycles. The van der Waals surface area contributed by atoms with Crippen molar-refractivity contribution in [1.82, 2.24) is 5.16 Å². The van der Waals surface area contributed by atoms with Gasteiger partial charge < -0.3 is 19.0 Å². The molecule has 0 spiro atoms. The molecule has 0 saturated carbocycles. The van der Waals surface area contributed by atoms with Gasteiger partial charge in [0, 0.05) is 5.69 Å². The Labute approximate surface area is 137 Å². The quantitative estimate of drug-likeness (QED) is 0.739. The zero-order chi connectivity index (χ0) is 17.1. The van der Waals surface area contributed by atoms with E-state index >= 15 is 0 Å². The first kappa shape index (κ1) is 15.5. The van der Waals surface area contributed by atoms with Gasteiger partial charge in [-0.1, -0.05) is 11.2 Å². The van der Waals surface area contributed by atoms with Crippen LogP contribution in [-0.2, 0) is 4.74 Å². The van der Waals surface area contributed by atoms with Crippen molar-refractivity contribution in [1.29, 1.82) is 0 Å². The molecule has 0 aliphatic heterocycles. The van der Waals surface area contributed by atoms with E-state index in [0.717, 1.165) is 0 Å². The fourth-order valence-electron chi connectivity index (χ4n) is 2.26. The van der Waals surface area contributed by atoms with Crippen LogP contribution in [0.25, 0.3) is 11.5 Å². The molecule has 1 N–H and O–H groups in total. The van der Waals surface area contributed by atoms with Gasteiger partial charge in [-0.3, -0.25) is 4.79 Å². The number of nitrogens with one attached hydrogen (secondary N) is 1. The molecule has 7 nitrogen and oxygen atoms in total. The lowest BCUT2D eigenvalue weighted by Crippen LogP contribution is -2.14. The molecule has 0 radical (unpaired) electrons. The van der Waals surface area contributed by atoms with Crippen LogP contribution in [0.15, 0.2) is 51.6 Å². The van der Waals surface area contributed by atoms with Crippen LogP contribution in [0.3, 0.4) is 0 Å². The van der Waals surface area contributed by atoms with Gasteiger partial charge in [-0.25, -0.2) is 4.79 Å². The molecule has 2 heterocycles. The highest BCUT2D eigenvalue weighted by Crippen LogP contribution is 2.26. The predicted octanol–water partition coefficient (Wildman–Crippen LogP) is 3.28. The average Bonchev–Trinajstić information content (AvgIpc) is 3.23. The number of nitrogens with zero attached hydrogens (tertiary/aromatic N) is 1. The van der Waals surface area contributed by atoms with E-state index in [1.54, 1.807) is 37.3 Å². The Morgan fingerprint density at radius 1 is 1.21 bits per heavy atom. The topological polar surface area (TPSA) is 94.6 Å². The van der Waals surface area contributed by atoms with Gasteiger partial charge in [-0.2, -0.15) is 0 Å². The Morgan fingerprint density at radius 3 is 2.75 bits per heavy atom. The van der Waals surface area contributed by atoms with Gasteiger partial charge in [0.1, 0.15) is 11.3 Å². The second-order valence-corrected chi connectivity index (χ2v) is 4.97. The van der Waals surface area contributed by atoms with E-state index in [0.29, 0.717) is 28.5 Å². The molecule has 24 heavy (non-hydrogen) atoms. The molecular formula is C17H14N2O5. The number of anilines is 1. The van der Waals surface area contributed by atoms with E-state index in [1.807, 2.05) is 0 Å². The van der Waals surface area contributed by atoms with Gasteiger partial charge in [0.05, 0.1) is 18.9 Å². The molecule has 0 aliphatic rings. The molecule has 0 bridgehead atoms. The highest BCUT2D eigenvalue weighted by atomic mass is 16.5. The van der Waals surface area contributed by atoms with Crippen LogP contribution in [0.4, 0.5) is 5.69 Å². The first-order valence-electron chi connectivity index (χ1n) is 7.10. The first-order chi connectivity index (χ1) is 11.6. The second kappa shape index (κ2) is 6.41. The molecule has 3 rings (SSSR count). The number of esters is 1. The van der Waals surface area contributed by atoms with Gasteiger partial charge in [0.2, 0.25) is 0 Å². The Kier molecular flexibility index (Phi) is 4.15. The highest BCUT2D eigenvalue weighted by Gasteiger charge is 2.23. The number of ether oxygens (including phenoxy) is 1. The molecule has 0 unspecified atom stereocenters. The summed E-state index contributed by atoms with van der Waals surface area (Å²) < 4.78 is 15.1. The summed E-state index contributed by atoms with van der Waals surface area (Å²) in [6, 6.07) is 9.82. The largest absolute Gasteiger partial charge is 0.465 e. The standard InChI is InChI=1S/C17H14N2O5/c1-10-14(15(19-24-10)13-7-4-8-23-13)16(20)18-12-6-3-5-11(9-12)17(21)22-2/h3-9H,1-2H3,(H,18,20). The third-order valence-corrected chi connectivity index (χ3v) is 3.39. The van der Waals surface area contributed by atoms with Crippen molar-refractivity contribution in [3.05, 3.63) is 59.5 Å². The molecule has 0 aliphatic carbocycles. The van der Waals surface area contributed by atoms with Crippen molar-refractivity contribution in [3.63, 3.8) is 0 Å². The summed E-state index contributed by atoms with van der Waals surface area (Å²) in [7, 11) is 1.30. The van der Waals surface area contributed by atoms with Gasteiger partial charge in [0.25, 0.3) is 5.91 Å². The normalized spacial score (nSPS) is 10.4. The molecule has 0 atom stereocenters. The molecule has 1 aromatic carbocycles. The van der Waals surface area contributed by atoms with E-state index in [9.17, 15) is 9.59 Å². The maximum Gasteiger partial charge on any atom is 0.337 e. The maximum atomic E-state index is 12.6. The number of rotatable bonds is 4. The number of amides is 1. The van der Waals surface area contributed by atoms with E-state index < -0.39 is 11.9 Å². The van der Waals surface area contributed by atoms with E-state index in [-0.39, 0.29) is 5.56 Å². The van der Waals surface area contributed by atoms with E-state index in [2.05, 4.69) is 15.2 Å². The van der Waals surface area contributed by atoms with E-state index in [1.165, 1.54) is 19.4 Å². The van der Waals surface area contributed by atoms with Crippen LogP contribution < -0.4 is 5.32 Å². The minimum atomic E-state index is -0.483. The summed E-state index contributed by atoms with van der Waals surface area (Å²) in [4.78, 5) is 24.2. The van der Waals surface area contributed by atoms with Gasteiger partial charge >= 0.3 is 5.97 Å². The number of hydrogen-bond acceptors (Lipinski definition) is 6. The van der Waals surface area contributed by atoms with Crippen molar-refractivity contribution in [3.8, 4) is 11.5 Å². The summed E-state index contributed by atoms with van der Waals surface area (Å²) in [5, 5.41) is 6.59. The third kappa shape index (κ3) is 2.91. The predicted molar refractivity (Wildman–Crippen MR) is 84.7 cm³/mol. The highest BCUT2D eigenvalue weighted by molar-refractivity contribution is 6.08. The summed E-state index contributed by atoms with van der Waals surface area (Å²) in [5.41, 5.74) is 1.38. The maximum absolute atomic E-state index is 12.6. The summed E-state index contributed by atoms with van der Waals surface area (Å²) >= 11 is 0.